The van der Waals surface area contributed by atoms with E-state index in [9.17, 15) is 4.79 Å². The molecule has 31 heavy (non-hydrogen) atoms. The Balaban J connectivity index is 1.46. The van der Waals surface area contributed by atoms with Crippen LogP contribution in [0.4, 0.5) is 0 Å². The number of carbonyl (C=O) groups excluding carboxylic acids is 1. The number of carbonyl (C=O) groups is 1. The summed E-state index contributed by atoms with van der Waals surface area (Å²) in [5.41, 5.74) is 1.70. The van der Waals surface area contributed by atoms with Crippen LogP contribution < -0.4 is 9.47 Å². The summed E-state index contributed by atoms with van der Waals surface area (Å²) in [6.07, 6.45) is 6.80. The number of methoxy groups -OCH3 is 1. The molecule has 1 aromatic heterocycles. The lowest BCUT2D eigenvalue weighted by Gasteiger charge is -2.34. The van der Waals surface area contributed by atoms with Crippen molar-refractivity contribution in [2.75, 3.05) is 20.2 Å². The van der Waals surface area contributed by atoms with E-state index in [1.165, 1.54) is 0 Å². The van der Waals surface area contributed by atoms with Crippen LogP contribution in [-0.2, 0) is 13.0 Å². The average molecular weight is 420 g/mol. The maximum absolute atomic E-state index is 13.2. The Morgan fingerprint density at radius 2 is 2.00 bits per heavy atom. The molecule has 1 aliphatic heterocycles. The van der Waals surface area contributed by atoms with Crippen LogP contribution in [0.1, 0.15) is 47.6 Å². The summed E-state index contributed by atoms with van der Waals surface area (Å²) < 4.78 is 13.7. The van der Waals surface area contributed by atoms with Crippen molar-refractivity contribution in [3.63, 3.8) is 0 Å². The molecule has 1 unspecified atom stereocenters. The largest absolute Gasteiger partial charge is 0.493 e. The quantitative estimate of drug-likeness (QED) is 0.565. The van der Waals surface area contributed by atoms with E-state index in [-0.39, 0.29) is 11.9 Å². The molecule has 2 heterocycles. The second-order valence-corrected chi connectivity index (χ2v) is 7.79. The van der Waals surface area contributed by atoms with Crippen molar-refractivity contribution < 1.29 is 14.3 Å². The van der Waals surface area contributed by atoms with E-state index in [2.05, 4.69) is 16.5 Å². The van der Waals surface area contributed by atoms with Crippen molar-refractivity contribution >= 4 is 5.91 Å². The summed E-state index contributed by atoms with van der Waals surface area (Å²) in [6.45, 7) is 4.01. The second-order valence-electron chi connectivity index (χ2n) is 7.79. The van der Waals surface area contributed by atoms with Crippen molar-refractivity contribution in [1.29, 1.82) is 0 Å². The topological polar surface area (TPSA) is 56.6 Å². The molecule has 1 amide bonds. The van der Waals surface area contributed by atoms with E-state index in [1.54, 1.807) is 13.2 Å². The average Bonchev–Trinajstić information content (AvgIpc) is 3.32. The first kappa shape index (κ1) is 21.0. The Kier molecular flexibility index (Phi) is 6.55. The fraction of sp³-hybridized carbons (Fsp3) is 0.360. The fourth-order valence-electron chi connectivity index (χ4n) is 4.15. The molecule has 1 aliphatic rings. The number of hydrogen-bond acceptors (Lipinski definition) is 4. The predicted molar refractivity (Wildman–Crippen MR) is 120 cm³/mol. The molecule has 0 bridgehead atoms. The van der Waals surface area contributed by atoms with Gasteiger partial charge in [0.05, 0.1) is 13.2 Å². The number of rotatable bonds is 7. The zero-order chi connectivity index (χ0) is 21.6. The minimum absolute atomic E-state index is 0.0239. The van der Waals surface area contributed by atoms with Gasteiger partial charge in [-0.1, -0.05) is 37.3 Å². The first-order chi connectivity index (χ1) is 15.2. The molecule has 0 aliphatic carbocycles. The highest BCUT2D eigenvalue weighted by molar-refractivity contribution is 5.95. The van der Waals surface area contributed by atoms with Crippen LogP contribution in [-0.4, -0.2) is 40.6 Å². The summed E-state index contributed by atoms with van der Waals surface area (Å²) in [5, 5.41) is 0. The predicted octanol–water partition coefficient (Wildman–Crippen LogP) is 4.51. The van der Waals surface area contributed by atoms with Gasteiger partial charge < -0.3 is 18.9 Å². The molecule has 162 valence electrons. The molecule has 1 atom stereocenters. The van der Waals surface area contributed by atoms with Crippen LogP contribution >= 0.6 is 0 Å². The Morgan fingerprint density at radius 1 is 1.16 bits per heavy atom. The number of aryl methyl sites for hydroxylation is 1. The van der Waals surface area contributed by atoms with Crippen molar-refractivity contribution in [2.45, 2.75) is 38.8 Å². The van der Waals surface area contributed by atoms with Crippen LogP contribution in [0, 0.1) is 0 Å². The standard InChI is InChI=1S/C25H29N3O3/c1-3-24-26-13-15-28(24)21-10-7-14-27(17-21)25(29)20-11-12-22(23(16-20)30-2)31-18-19-8-5-4-6-9-19/h4-6,8-9,11-13,15-16,21H,3,7,10,14,17-18H2,1-2H3. The van der Waals surface area contributed by atoms with Crippen LogP contribution in [0.15, 0.2) is 60.9 Å². The number of piperidine rings is 1. The van der Waals surface area contributed by atoms with Gasteiger partial charge >= 0.3 is 0 Å². The van der Waals surface area contributed by atoms with E-state index in [1.807, 2.05) is 59.8 Å². The van der Waals surface area contributed by atoms with Crippen LogP contribution in [0.25, 0.3) is 0 Å². The molecule has 2 aromatic carbocycles. The molecular weight excluding hydrogens is 390 g/mol. The van der Waals surface area contributed by atoms with Crippen molar-refractivity contribution in [2.24, 2.45) is 0 Å². The van der Waals surface area contributed by atoms with Gasteiger partial charge in [0.15, 0.2) is 11.5 Å². The molecule has 0 saturated carbocycles. The number of aromatic nitrogens is 2. The smallest absolute Gasteiger partial charge is 0.254 e. The van der Waals surface area contributed by atoms with Gasteiger partial charge in [-0.15, -0.1) is 0 Å². The lowest BCUT2D eigenvalue weighted by molar-refractivity contribution is 0.0677. The molecule has 0 radical (unpaired) electrons. The summed E-state index contributed by atoms with van der Waals surface area (Å²) in [6, 6.07) is 15.7. The SMILES string of the molecule is CCc1nccn1C1CCCN(C(=O)c2ccc(OCc3ccccc3)c(OC)c2)C1. The highest BCUT2D eigenvalue weighted by Gasteiger charge is 2.27. The number of benzene rings is 2. The third-order valence-electron chi connectivity index (χ3n) is 5.79. The van der Waals surface area contributed by atoms with Gasteiger partial charge in [0.25, 0.3) is 5.91 Å². The Labute approximate surface area is 183 Å². The van der Waals surface area contributed by atoms with Gasteiger partial charge in [0, 0.05) is 37.5 Å². The minimum atomic E-state index is 0.0239. The second kappa shape index (κ2) is 9.69. The fourth-order valence-corrected chi connectivity index (χ4v) is 4.15. The van der Waals surface area contributed by atoms with Crippen molar-refractivity contribution in [3.05, 3.63) is 77.9 Å². The Hall–Kier alpha value is -3.28. The Morgan fingerprint density at radius 3 is 2.77 bits per heavy atom. The van der Waals surface area contributed by atoms with Gasteiger partial charge in [-0.25, -0.2) is 4.98 Å². The maximum Gasteiger partial charge on any atom is 0.254 e. The zero-order valence-corrected chi connectivity index (χ0v) is 18.2. The molecule has 1 saturated heterocycles. The number of nitrogens with zero attached hydrogens (tertiary/aromatic N) is 3. The van der Waals surface area contributed by atoms with E-state index < -0.39 is 0 Å². The number of hydrogen-bond donors (Lipinski definition) is 0. The van der Waals surface area contributed by atoms with Gasteiger partial charge in [-0.3, -0.25) is 4.79 Å². The highest BCUT2D eigenvalue weighted by Crippen LogP contribution is 2.30. The first-order valence-corrected chi connectivity index (χ1v) is 10.8. The zero-order valence-electron chi connectivity index (χ0n) is 18.2. The first-order valence-electron chi connectivity index (χ1n) is 10.8. The van der Waals surface area contributed by atoms with Gasteiger partial charge in [-0.05, 0) is 36.6 Å². The van der Waals surface area contributed by atoms with Gasteiger partial charge in [0.2, 0.25) is 0 Å². The molecule has 0 spiro atoms. The molecule has 0 N–H and O–H groups in total. The summed E-state index contributed by atoms with van der Waals surface area (Å²) in [7, 11) is 1.60. The minimum Gasteiger partial charge on any atom is -0.493 e. The van der Waals surface area contributed by atoms with Crippen LogP contribution in [0.5, 0.6) is 11.5 Å². The third kappa shape index (κ3) is 4.74. The van der Waals surface area contributed by atoms with E-state index in [4.69, 9.17) is 9.47 Å². The number of likely N-dealkylation sites (tertiary alicyclic amines) is 1. The molecule has 6 heteroatoms. The number of imidazole rings is 1. The van der Waals surface area contributed by atoms with Crippen molar-refractivity contribution in [3.8, 4) is 11.5 Å². The van der Waals surface area contributed by atoms with Crippen LogP contribution in [0.3, 0.4) is 0 Å². The lowest BCUT2D eigenvalue weighted by atomic mass is 10.0. The molecule has 1 fully saturated rings. The molecular formula is C25H29N3O3. The number of ether oxygens (including phenoxy) is 2. The summed E-state index contributed by atoms with van der Waals surface area (Å²) >= 11 is 0. The normalized spacial score (nSPS) is 16.2. The molecule has 6 nitrogen and oxygen atoms in total. The molecule has 4 rings (SSSR count). The van der Waals surface area contributed by atoms with E-state index >= 15 is 0 Å². The number of amides is 1. The highest BCUT2D eigenvalue weighted by atomic mass is 16.5. The monoisotopic (exact) mass is 419 g/mol. The summed E-state index contributed by atoms with van der Waals surface area (Å²) in [4.78, 5) is 19.6. The lowest BCUT2D eigenvalue weighted by Crippen LogP contribution is -2.40. The van der Waals surface area contributed by atoms with Gasteiger partial charge in [-0.2, -0.15) is 0 Å². The van der Waals surface area contributed by atoms with E-state index in [0.29, 0.717) is 30.2 Å². The summed E-state index contributed by atoms with van der Waals surface area (Å²) in [5.74, 6) is 2.29. The van der Waals surface area contributed by atoms with E-state index in [0.717, 1.165) is 37.2 Å². The van der Waals surface area contributed by atoms with Crippen molar-refractivity contribution in [1.82, 2.24) is 14.5 Å². The third-order valence-corrected chi connectivity index (χ3v) is 5.79. The maximum atomic E-state index is 13.2. The Bertz CT molecular complexity index is 1020. The van der Waals surface area contributed by atoms with Crippen LogP contribution in [0.2, 0.25) is 0 Å². The van der Waals surface area contributed by atoms with Gasteiger partial charge in [0.1, 0.15) is 12.4 Å². The molecule has 3 aromatic rings.